The van der Waals surface area contributed by atoms with E-state index in [0.717, 1.165) is 24.3 Å². The number of carbonyl (C=O) groups excluding carboxylic acids is 2. The van der Waals surface area contributed by atoms with Crippen molar-refractivity contribution in [3.05, 3.63) is 88.0 Å². The first-order valence-electron chi connectivity index (χ1n) is 8.86. The molecule has 0 unspecified atom stereocenters. The van der Waals surface area contributed by atoms with E-state index in [4.69, 9.17) is 0 Å². The number of hydrogen-bond donors (Lipinski definition) is 2. The summed E-state index contributed by atoms with van der Waals surface area (Å²) >= 11 is 0. The average Bonchev–Trinajstić information content (AvgIpc) is 2.76. The van der Waals surface area contributed by atoms with Gasteiger partial charge in [-0.05, 0) is 6.92 Å². The zero-order valence-electron chi connectivity index (χ0n) is 16.6. The van der Waals surface area contributed by atoms with Crippen molar-refractivity contribution in [1.29, 1.82) is 0 Å². The van der Waals surface area contributed by atoms with E-state index in [1.54, 1.807) is 0 Å². The van der Waals surface area contributed by atoms with Crippen molar-refractivity contribution in [1.82, 2.24) is 10.6 Å². The summed E-state index contributed by atoms with van der Waals surface area (Å²) in [6, 6.07) is 3.96. The molecular formula is C17H14N6O10. The summed E-state index contributed by atoms with van der Waals surface area (Å²) in [6.45, 7) is 1.19. The topological polar surface area (TPSA) is 231 Å². The van der Waals surface area contributed by atoms with Gasteiger partial charge in [-0.3, -0.25) is 50.0 Å². The number of nitrogens with zero attached hydrogens (tertiary/aromatic N) is 4. The van der Waals surface area contributed by atoms with E-state index in [-0.39, 0.29) is 17.7 Å². The van der Waals surface area contributed by atoms with Crippen molar-refractivity contribution >= 4 is 34.6 Å². The summed E-state index contributed by atoms with van der Waals surface area (Å²) in [6.07, 6.45) is 0. The molecule has 0 aromatic heterocycles. The zero-order chi connectivity index (χ0) is 24.9. The van der Waals surface area contributed by atoms with Crippen LogP contribution in [-0.4, -0.2) is 44.1 Å². The minimum absolute atomic E-state index is 0.238. The van der Waals surface area contributed by atoms with Gasteiger partial charge in [-0.25, -0.2) is 0 Å². The Morgan fingerprint density at radius 1 is 0.697 bits per heavy atom. The van der Waals surface area contributed by atoms with Crippen LogP contribution >= 0.6 is 0 Å². The molecule has 0 spiro atoms. The molecule has 2 rings (SSSR count). The second-order valence-electron chi connectivity index (χ2n) is 6.59. The minimum Gasteiger partial charge on any atom is -0.350 e. The third-order valence-electron chi connectivity index (χ3n) is 4.12. The molecule has 2 aromatic rings. The standard InChI is InChI=1S/C17H14N6O10/c1-9(19-17(25)11-4-14(22(30)31)7-15(5-11)23(32)33)8-18-16(24)10-2-12(20(26)27)6-13(3-10)21(28)29/h2-7,9H,8H2,1H3,(H,18,24)(H,19,25)/t9-/m1/s1. The van der Waals surface area contributed by atoms with E-state index < -0.39 is 60.3 Å². The molecule has 0 saturated heterocycles. The molecule has 1 atom stereocenters. The number of nitro benzene ring substituents is 4. The number of hydrogen-bond acceptors (Lipinski definition) is 10. The van der Waals surface area contributed by atoms with Gasteiger partial charge in [0.2, 0.25) is 0 Å². The minimum atomic E-state index is -0.898. The molecule has 16 nitrogen and oxygen atoms in total. The number of benzene rings is 2. The maximum absolute atomic E-state index is 12.3. The monoisotopic (exact) mass is 462 g/mol. The van der Waals surface area contributed by atoms with Crippen LogP contribution in [0.1, 0.15) is 27.6 Å². The Labute approximate surface area is 182 Å². The normalized spacial score (nSPS) is 11.2. The molecule has 2 aromatic carbocycles. The van der Waals surface area contributed by atoms with E-state index in [1.807, 2.05) is 0 Å². The lowest BCUT2D eigenvalue weighted by atomic mass is 10.1. The Hall–Kier alpha value is -5.02. The summed E-state index contributed by atoms with van der Waals surface area (Å²) in [5.41, 5.74) is -3.37. The van der Waals surface area contributed by atoms with Crippen LogP contribution in [0.4, 0.5) is 22.7 Å². The quantitative estimate of drug-likeness (QED) is 0.405. The number of amides is 2. The third-order valence-corrected chi connectivity index (χ3v) is 4.12. The predicted octanol–water partition coefficient (Wildman–Crippen LogP) is 1.87. The number of nitro groups is 4. The second-order valence-corrected chi connectivity index (χ2v) is 6.59. The van der Waals surface area contributed by atoms with Crippen LogP contribution in [0.2, 0.25) is 0 Å². The molecule has 0 bridgehead atoms. The van der Waals surface area contributed by atoms with Crippen LogP contribution in [0.25, 0.3) is 0 Å². The fraction of sp³-hybridized carbons (Fsp3) is 0.176. The van der Waals surface area contributed by atoms with Gasteiger partial charge in [-0.2, -0.15) is 0 Å². The van der Waals surface area contributed by atoms with E-state index in [2.05, 4.69) is 10.6 Å². The maximum Gasteiger partial charge on any atom is 0.277 e. The average molecular weight is 462 g/mol. The Balaban J connectivity index is 2.11. The van der Waals surface area contributed by atoms with Crippen LogP contribution < -0.4 is 10.6 Å². The highest BCUT2D eigenvalue weighted by molar-refractivity contribution is 5.96. The van der Waals surface area contributed by atoms with E-state index in [0.29, 0.717) is 12.1 Å². The van der Waals surface area contributed by atoms with Crippen molar-refractivity contribution in [3.8, 4) is 0 Å². The van der Waals surface area contributed by atoms with Gasteiger partial charge in [0.05, 0.1) is 43.0 Å². The predicted molar refractivity (Wildman–Crippen MR) is 109 cm³/mol. The van der Waals surface area contributed by atoms with Crippen molar-refractivity contribution < 1.29 is 29.3 Å². The van der Waals surface area contributed by atoms with Gasteiger partial charge in [0.1, 0.15) is 0 Å². The van der Waals surface area contributed by atoms with Crippen LogP contribution in [0, 0.1) is 40.5 Å². The Morgan fingerprint density at radius 3 is 1.36 bits per heavy atom. The summed E-state index contributed by atoms with van der Waals surface area (Å²) in [7, 11) is 0. The fourth-order valence-electron chi connectivity index (χ4n) is 2.58. The van der Waals surface area contributed by atoms with Gasteiger partial charge in [0.15, 0.2) is 0 Å². The lowest BCUT2D eigenvalue weighted by molar-refractivity contribution is -0.394. The Kier molecular flexibility index (Phi) is 7.24. The molecule has 16 heteroatoms. The van der Waals surface area contributed by atoms with Crippen molar-refractivity contribution in [2.24, 2.45) is 0 Å². The van der Waals surface area contributed by atoms with Crippen molar-refractivity contribution in [3.63, 3.8) is 0 Å². The maximum atomic E-state index is 12.3. The molecule has 172 valence electrons. The van der Waals surface area contributed by atoms with E-state index >= 15 is 0 Å². The lowest BCUT2D eigenvalue weighted by Gasteiger charge is -2.15. The molecule has 0 fully saturated rings. The first kappa shape index (κ1) is 24.3. The molecule has 0 aliphatic carbocycles. The molecule has 2 amide bonds. The van der Waals surface area contributed by atoms with Crippen molar-refractivity contribution in [2.45, 2.75) is 13.0 Å². The number of nitrogens with one attached hydrogen (secondary N) is 2. The number of rotatable bonds is 9. The molecule has 0 radical (unpaired) electrons. The van der Waals surface area contributed by atoms with E-state index in [9.17, 15) is 50.0 Å². The van der Waals surface area contributed by atoms with E-state index in [1.165, 1.54) is 6.92 Å². The summed E-state index contributed by atoms with van der Waals surface area (Å²) in [5, 5.41) is 48.4. The Morgan fingerprint density at radius 2 is 1.03 bits per heavy atom. The van der Waals surface area contributed by atoms with Gasteiger partial charge >= 0.3 is 0 Å². The molecular weight excluding hydrogens is 448 g/mol. The van der Waals surface area contributed by atoms with Gasteiger partial charge < -0.3 is 10.6 Å². The van der Waals surface area contributed by atoms with Crippen LogP contribution in [0.3, 0.4) is 0 Å². The first-order chi connectivity index (χ1) is 15.4. The Bertz CT molecular complexity index is 1120. The molecule has 0 saturated carbocycles. The largest absolute Gasteiger partial charge is 0.350 e. The van der Waals surface area contributed by atoms with Crippen LogP contribution in [0.15, 0.2) is 36.4 Å². The van der Waals surface area contributed by atoms with Crippen LogP contribution in [-0.2, 0) is 0 Å². The SMILES string of the molecule is C[C@H](CNC(=O)c1cc([N+](=O)[O-])cc([N+](=O)[O-])c1)NC(=O)c1cc([N+](=O)[O-])cc([N+](=O)[O-])c1. The molecule has 0 heterocycles. The molecule has 2 N–H and O–H groups in total. The molecule has 0 aliphatic heterocycles. The number of non-ortho nitro benzene ring substituents is 4. The summed E-state index contributed by atoms with van der Waals surface area (Å²) < 4.78 is 0. The highest BCUT2D eigenvalue weighted by Crippen LogP contribution is 2.23. The summed E-state index contributed by atoms with van der Waals surface area (Å²) in [5.74, 6) is -1.79. The van der Waals surface area contributed by atoms with Crippen LogP contribution in [0.5, 0.6) is 0 Å². The summed E-state index contributed by atoms with van der Waals surface area (Å²) in [4.78, 5) is 64.7. The van der Waals surface area contributed by atoms with Gasteiger partial charge in [0, 0.05) is 36.9 Å². The van der Waals surface area contributed by atoms with Crippen molar-refractivity contribution in [2.75, 3.05) is 6.54 Å². The third kappa shape index (κ3) is 6.23. The second kappa shape index (κ2) is 9.86. The lowest BCUT2D eigenvalue weighted by Crippen LogP contribution is -2.41. The smallest absolute Gasteiger partial charge is 0.277 e. The molecule has 33 heavy (non-hydrogen) atoms. The molecule has 0 aliphatic rings. The van der Waals surface area contributed by atoms with Gasteiger partial charge in [-0.1, -0.05) is 0 Å². The highest BCUT2D eigenvalue weighted by atomic mass is 16.6. The fourth-order valence-corrected chi connectivity index (χ4v) is 2.58. The van der Waals surface area contributed by atoms with Gasteiger partial charge in [0.25, 0.3) is 34.6 Å². The first-order valence-corrected chi connectivity index (χ1v) is 8.86. The highest BCUT2D eigenvalue weighted by Gasteiger charge is 2.22. The zero-order valence-corrected chi connectivity index (χ0v) is 16.6. The number of carbonyl (C=O) groups is 2. The van der Waals surface area contributed by atoms with Gasteiger partial charge in [-0.15, -0.1) is 0 Å².